The largest absolute Gasteiger partial charge is 0.324 e. The van der Waals surface area contributed by atoms with Gasteiger partial charge in [-0.2, -0.15) is 10.1 Å². The number of benzene rings is 2. The van der Waals surface area contributed by atoms with Gasteiger partial charge in [0.25, 0.3) is 0 Å². The number of aromatic nitrogens is 4. The maximum atomic E-state index is 14.7. The third-order valence-corrected chi connectivity index (χ3v) is 8.47. The molecular formula is C20H17FN6O2S2. The van der Waals surface area contributed by atoms with E-state index in [4.69, 9.17) is 0 Å². The highest BCUT2D eigenvalue weighted by Gasteiger charge is 2.27. The van der Waals surface area contributed by atoms with Crippen LogP contribution in [0, 0.1) is 5.82 Å². The van der Waals surface area contributed by atoms with Crippen LogP contribution in [0.2, 0.25) is 0 Å². The third-order valence-electron chi connectivity index (χ3n) is 4.95. The topological polar surface area (TPSA) is 104 Å². The average molecular weight is 457 g/mol. The van der Waals surface area contributed by atoms with Crippen LogP contribution in [0.25, 0.3) is 10.9 Å². The van der Waals surface area contributed by atoms with Crippen molar-refractivity contribution in [2.45, 2.75) is 16.7 Å². The summed E-state index contributed by atoms with van der Waals surface area (Å²) in [6.45, 7) is 2.36. The van der Waals surface area contributed by atoms with Gasteiger partial charge in [0.1, 0.15) is 5.08 Å². The van der Waals surface area contributed by atoms with Crippen molar-refractivity contribution in [3.05, 3.63) is 54.6 Å². The number of nitrogens with one attached hydrogen (secondary N) is 2. The summed E-state index contributed by atoms with van der Waals surface area (Å²) in [4.78, 5) is 11.2. The maximum Gasteiger partial charge on any atom is 0.229 e. The molecule has 2 N–H and O–H groups in total. The molecule has 4 aromatic rings. The maximum absolute atomic E-state index is 14.7. The number of nitrogens with zero attached hydrogens (tertiary/aromatic N) is 4. The molecule has 0 saturated carbocycles. The van der Waals surface area contributed by atoms with Crippen molar-refractivity contribution in [2.24, 2.45) is 0 Å². The van der Waals surface area contributed by atoms with Crippen molar-refractivity contribution in [1.82, 2.24) is 20.2 Å². The average Bonchev–Trinajstić information content (AvgIpc) is 3.36. The lowest BCUT2D eigenvalue weighted by molar-refractivity contribution is 0.600. The molecule has 2 aromatic carbocycles. The highest BCUT2D eigenvalue weighted by atomic mass is 32.3. The molecule has 0 radical (unpaired) electrons. The molecule has 8 nitrogen and oxygen atoms in total. The number of fused-ring (bicyclic) bond motifs is 2. The normalized spacial score (nSPS) is 14.5. The molecule has 0 atom stereocenters. The van der Waals surface area contributed by atoms with Crippen LogP contribution in [-0.2, 0) is 9.84 Å². The molecule has 2 aromatic heterocycles. The number of halogens is 1. The zero-order chi connectivity index (χ0) is 21.6. The number of anilines is 4. The smallest absolute Gasteiger partial charge is 0.229 e. The first-order valence-electron chi connectivity index (χ1n) is 9.45. The number of sulfone groups is 1. The molecule has 0 spiro atoms. The zero-order valence-corrected chi connectivity index (χ0v) is 18.0. The van der Waals surface area contributed by atoms with Gasteiger partial charge in [-0.3, -0.25) is 5.10 Å². The van der Waals surface area contributed by atoms with E-state index in [9.17, 15) is 12.8 Å². The quantitative estimate of drug-likeness (QED) is 0.460. The minimum absolute atomic E-state index is 0.0357. The fraction of sp³-hybridized carbons (Fsp3) is 0.150. The van der Waals surface area contributed by atoms with Crippen LogP contribution in [0.1, 0.15) is 6.92 Å². The second kappa shape index (κ2) is 7.50. The molecule has 31 heavy (non-hydrogen) atoms. The van der Waals surface area contributed by atoms with E-state index in [0.717, 1.165) is 27.7 Å². The Kier molecular flexibility index (Phi) is 4.78. The molecule has 0 fully saturated rings. The number of H-pyrrole nitrogens is 1. The second-order valence-electron chi connectivity index (χ2n) is 6.88. The first kappa shape index (κ1) is 19.8. The summed E-state index contributed by atoms with van der Waals surface area (Å²) >= 11 is 1.29. The van der Waals surface area contributed by atoms with Gasteiger partial charge in [0.15, 0.2) is 21.5 Å². The van der Waals surface area contributed by atoms with E-state index in [1.54, 1.807) is 29.3 Å². The van der Waals surface area contributed by atoms with Gasteiger partial charge < -0.3 is 10.2 Å². The monoisotopic (exact) mass is 456 g/mol. The molecule has 1 aliphatic heterocycles. The standard InChI is InChI=1S/C20H17FN6O2S2/c1-2-27(16-5-3-4-15-13(16)9-23-26-15)19-14(21)10-22-20(25-19)24-12-6-7-17-18(8-12)31(28,29)11-30-17/h3-10H,2,11H2,1H3,(H,23,26)(H,22,24,25). The number of hydrogen-bond acceptors (Lipinski definition) is 8. The van der Waals surface area contributed by atoms with Crippen molar-refractivity contribution >= 4 is 55.6 Å². The van der Waals surface area contributed by atoms with Gasteiger partial charge in [-0.1, -0.05) is 6.07 Å². The minimum atomic E-state index is -3.30. The molecule has 3 heterocycles. The van der Waals surface area contributed by atoms with Crippen LogP contribution in [0.3, 0.4) is 0 Å². The second-order valence-corrected chi connectivity index (χ2v) is 10.2. The Labute approximate surface area is 181 Å². The van der Waals surface area contributed by atoms with Gasteiger partial charge >= 0.3 is 0 Å². The Balaban J connectivity index is 1.52. The Morgan fingerprint density at radius 3 is 2.97 bits per heavy atom. The van der Waals surface area contributed by atoms with Gasteiger partial charge in [-0.15, -0.1) is 11.8 Å². The molecule has 1 aliphatic rings. The molecular weight excluding hydrogens is 439 g/mol. The van der Waals surface area contributed by atoms with Gasteiger partial charge in [-0.05, 0) is 37.3 Å². The number of rotatable bonds is 5. The molecule has 11 heteroatoms. The molecule has 0 bridgehead atoms. The molecule has 0 aliphatic carbocycles. The summed E-state index contributed by atoms with van der Waals surface area (Å²) in [5, 5.41) is 10.9. The van der Waals surface area contributed by atoms with Crippen molar-refractivity contribution in [1.29, 1.82) is 0 Å². The summed E-state index contributed by atoms with van der Waals surface area (Å²) in [5.41, 5.74) is 2.11. The predicted molar refractivity (Wildman–Crippen MR) is 118 cm³/mol. The van der Waals surface area contributed by atoms with E-state index in [-0.39, 0.29) is 21.7 Å². The lowest BCUT2D eigenvalue weighted by Gasteiger charge is -2.23. The summed E-state index contributed by atoms with van der Waals surface area (Å²) in [5.74, 6) is -0.295. The molecule has 0 saturated heterocycles. The van der Waals surface area contributed by atoms with Crippen LogP contribution in [-0.4, -0.2) is 40.2 Å². The summed E-state index contributed by atoms with van der Waals surface area (Å²) in [6, 6.07) is 10.7. The highest BCUT2D eigenvalue weighted by Crippen LogP contribution is 2.39. The zero-order valence-electron chi connectivity index (χ0n) is 16.3. The van der Waals surface area contributed by atoms with E-state index in [2.05, 4.69) is 25.5 Å². The highest BCUT2D eigenvalue weighted by molar-refractivity contribution is 8.15. The fourth-order valence-electron chi connectivity index (χ4n) is 3.51. The lowest BCUT2D eigenvalue weighted by Crippen LogP contribution is -2.20. The Hall–Kier alpha value is -3.18. The van der Waals surface area contributed by atoms with E-state index >= 15 is 0 Å². The number of thioether (sulfide) groups is 1. The fourth-order valence-corrected chi connectivity index (χ4v) is 6.75. The lowest BCUT2D eigenvalue weighted by atomic mass is 10.2. The number of hydrogen-bond donors (Lipinski definition) is 2. The van der Waals surface area contributed by atoms with E-state index in [1.807, 2.05) is 25.1 Å². The molecule has 0 amide bonds. The summed E-state index contributed by atoms with van der Waals surface area (Å²) in [6.07, 6.45) is 2.79. The van der Waals surface area contributed by atoms with Gasteiger partial charge in [0.05, 0.1) is 28.5 Å². The SMILES string of the molecule is CCN(c1nc(Nc2ccc3c(c2)S(=O)(=O)CS3)ncc1F)c1cccc2[nH]ncc12. The van der Waals surface area contributed by atoms with E-state index in [0.29, 0.717) is 12.2 Å². The van der Waals surface area contributed by atoms with Crippen LogP contribution >= 0.6 is 11.8 Å². The van der Waals surface area contributed by atoms with Gasteiger partial charge in [0, 0.05) is 22.5 Å². The van der Waals surface area contributed by atoms with Crippen LogP contribution < -0.4 is 10.2 Å². The minimum Gasteiger partial charge on any atom is -0.324 e. The van der Waals surface area contributed by atoms with Crippen molar-refractivity contribution in [2.75, 3.05) is 21.8 Å². The van der Waals surface area contributed by atoms with Crippen molar-refractivity contribution in [3.63, 3.8) is 0 Å². The predicted octanol–water partition coefficient (Wildman–Crippen LogP) is 4.23. The Morgan fingerprint density at radius 2 is 2.13 bits per heavy atom. The van der Waals surface area contributed by atoms with Crippen LogP contribution in [0.4, 0.5) is 27.5 Å². The Morgan fingerprint density at radius 1 is 1.26 bits per heavy atom. The summed E-state index contributed by atoms with van der Waals surface area (Å²) < 4.78 is 39.1. The van der Waals surface area contributed by atoms with Gasteiger partial charge in [0.2, 0.25) is 5.95 Å². The van der Waals surface area contributed by atoms with E-state index < -0.39 is 15.7 Å². The van der Waals surface area contributed by atoms with Crippen molar-refractivity contribution < 1.29 is 12.8 Å². The van der Waals surface area contributed by atoms with Crippen LogP contribution in [0.5, 0.6) is 0 Å². The molecule has 158 valence electrons. The molecule has 5 rings (SSSR count). The Bertz CT molecular complexity index is 1410. The molecule has 0 unspecified atom stereocenters. The summed E-state index contributed by atoms with van der Waals surface area (Å²) in [7, 11) is -3.30. The van der Waals surface area contributed by atoms with Crippen molar-refractivity contribution in [3.8, 4) is 0 Å². The van der Waals surface area contributed by atoms with E-state index in [1.165, 1.54) is 11.8 Å². The van der Waals surface area contributed by atoms with Gasteiger partial charge in [-0.25, -0.2) is 17.8 Å². The first-order valence-corrected chi connectivity index (χ1v) is 12.1. The first-order chi connectivity index (χ1) is 15.0. The third kappa shape index (κ3) is 3.49. The van der Waals surface area contributed by atoms with Crippen LogP contribution in [0.15, 0.2) is 58.6 Å². The number of aromatic amines is 1.